The van der Waals surface area contributed by atoms with Gasteiger partial charge in [-0.3, -0.25) is 0 Å². The lowest BCUT2D eigenvalue weighted by Crippen LogP contribution is -2.08. The van der Waals surface area contributed by atoms with Gasteiger partial charge in [0.2, 0.25) is 0 Å². The summed E-state index contributed by atoms with van der Waals surface area (Å²) in [5.41, 5.74) is 0. The maximum absolute atomic E-state index is 9.20. The van der Waals surface area contributed by atoms with Gasteiger partial charge < -0.3 is 9.84 Å². The standard InChI is InChI=1S/C12H25NO2S/c1-3-5-7-15-10-12-11(9-14)13(12)16-8-6-4-2/h11-12,14H,3-10H2,1-2H3. The first-order valence-corrected chi connectivity index (χ1v) is 7.39. The third kappa shape index (κ3) is 4.62. The van der Waals surface area contributed by atoms with Crippen molar-refractivity contribution in [3.63, 3.8) is 0 Å². The molecule has 0 aliphatic carbocycles. The molecule has 1 fully saturated rings. The topological polar surface area (TPSA) is 32.5 Å². The summed E-state index contributed by atoms with van der Waals surface area (Å²) in [5.74, 6) is 1.17. The minimum atomic E-state index is 0.265. The first kappa shape index (κ1) is 14.3. The third-order valence-corrected chi connectivity index (χ3v) is 4.18. The van der Waals surface area contributed by atoms with Crippen LogP contribution in [0.4, 0.5) is 0 Å². The van der Waals surface area contributed by atoms with E-state index in [0.717, 1.165) is 19.6 Å². The summed E-state index contributed by atoms with van der Waals surface area (Å²) in [6, 6.07) is 0.784. The van der Waals surface area contributed by atoms with Crippen molar-refractivity contribution < 1.29 is 9.84 Å². The summed E-state index contributed by atoms with van der Waals surface area (Å²) >= 11 is 1.86. The number of rotatable bonds is 10. The molecule has 0 spiro atoms. The molecule has 0 saturated carbocycles. The molecule has 0 bridgehead atoms. The fourth-order valence-corrected chi connectivity index (χ4v) is 3.02. The van der Waals surface area contributed by atoms with Crippen molar-refractivity contribution in [2.45, 2.75) is 51.6 Å². The molecule has 1 rings (SSSR count). The Morgan fingerprint density at radius 2 is 1.94 bits per heavy atom. The predicted octanol–water partition coefficient (Wildman–Crippen LogP) is 2.30. The van der Waals surface area contributed by atoms with E-state index in [1.54, 1.807) is 0 Å². The predicted molar refractivity (Wildman–Crippen MR) is 69.6 cm³/mol. The summed E-state index contributed by atoms with van der Waals surface area (Å²) in [6.45, 7) is 6.28. The van der Waals surface area contributed by atoms with Gasteiger partial charge in [0.1, 0.15) is 0 Å². The Balaban J connectivity index is 2.06. The van der Waals surface area contributed by atoms with E-state index in [2.05, 4.69) is 18.2 Å². The molecule has 1 N–H and O–H groups in total. The smallest absolute Gasteiger partial charge is 0.0647 e. The van der Waals surface area contributed by atoms with Crippen LogP contribution in [0.5, 0.6) is 0 Å². The summed E-state index contributed by atoms with van der Waals surface area (Å²) in [4.78, 5) is 0. The zero-order valence-electron chi connectivity index (χ0n) is 10.5. The average Bonchev–Trinajstić information content (AvgIpc) is 2.97. The van der Waals surface area contributed by atoms with Gasteiger partial charge in [-0.05, 0) is 12.8 Å². The number of unbranched alkanes of at least 4 members (excludes halogenated alkanes) is 2. The second-order valence-electron chi connectivity index (χ2n) is 4.29. The normalized spacial score (nSPS) is 28.3. The number of aliphatic hydroxyl groups excluding tert-OH is 1. The third-order valence-electron chi connectivity index (χ3n) is 2.86. The zero-order chi connectivity index (χ0) is 11.8. The number of ether oxygens (including phenoxy) is 1. The highest BCUT2D eigenvalue weighted by Crippen LogP contribution is 2.36. The van der Waals surface area contributed by atoms with Crippen LogP contribution in [0.1, 0.15) is 39.5 Å². The Kier molecular flexibility index (Phi) is 7.45. The molecule has 3 nitrogen and oxygen atoms in total. The van der Waals surface area contributed by atoms with Crippen LogP contribution in [-0.4, -0.2) is 47.1 Å². The second kappa shape index (κ2) is 8.34. The second-order valence-corrected chi connectivity index (χ2v) is 5.38. The van der Waals surface area contributed by atoms with Gasteiger partial charge in [-0.2, -0.15) is 0 Å². The van der Waals surface area contributed by atoms with Crippen LogP contribution >= 0.6 is 11.9 Å². The first-order valence-electron chi connectivity index (χ1n) is 6.45. The van der Waals surface area contributed by atoms with Crippen LogP contribution in [0.3, 0.4) is 0 Å². The van der Waals surface area contributed by atoms with Crippen molar-refractivity contribution >= 4 is 11.9 Å². The maximum atomic E-state index is 9.20. The lowest BCUT2D eigenvalue weighted by atomic mass is 10.3. The highest BCUT2D eigenvalue weighted by Gasteiger charge is 2.47. The summed E-state index contributed by atoms with van der Waals surface area (Å²) in [5, 5.41) is 9.20. The van der Waals surface area contributed by atoms with Crippen molar-refractivity contribution in [3.05, 3.63) is 0 Å². The van der Waals surface area contributed by atoms with E-state index in [1.165, 1.54) is 25.0 Å². The van der Waals surface area contributed by atoms with Crippen molar-refractivity contribution in [2.75, 3.05) is 25.6 Å². The molecule has 0 amide bonds. The van der Waals surface area contributed by atoms with Crippen LogP contribution in [0.2, 0.25) is 0 Å². The summed E-state index contributed by atoms with van der Waals surface area (Å²) < 4.78 is 7.89. The molecule has 4 heteroatoms. The molecular weight excluding hydrogens is 222 g/mol. The molecule has 0 aromatic carbocycles. The molecule has 1 aliphatic heterocycles. The monoisotopic (exact) mass is 247 g/mol. The van der Waals surface area contributed by atoms with Gasteiger partial charge in [-0.1, -0.05) is 38.6 Å². The van der Waals surface area contributed by atoms with E-state index in [4.69, 9.17) is 4.74 Å². The highest BCUT2D eigenvalue weighted by atomic mass is 32.2. The Hall–Kier alpha value is 0.230. The van der Waals surface area contributed by atoms with E-state index in [9.17, 15) is 5.11 Å². The van der Waals surface area contributed by atoms with Crippen molar-refractivity contribution in [3.8, 4) is 0 Å². The van der Waals surface area contributed by atoms with Crippen LogP contribution in [0, 0.1) is 0 Å². The highest BCUT2D eigenvalue weighted by molar-refractivity contribution is 7.97. The van der Waals surface area contributed by atoms with Crippen molar-refractivity contribution in [2.24, 2.45) is 0 Å². The maximum Gasteiger partial charge on any atom is 0.0647 e. The molecule has 3 atom stereocenters. The summed E-state index contributed by atoms with van der Waals surface area (Å²) in [7, 11) is 0. The molecule has 96 valence electrons. The molecule has 0 aromatic rings. The van der Waals surface area contributed by atoms with E-state index in [-0.39, 0.29) is 6.61 Å². The molecule has 16 heavy (non-hydrogen) atoms. The van der Waals surface area contributed by atoms with Crippen LogP contribution < -0.4 is 0 Å². The Morgan fingerprint density at radius 1 is 1.19 bits per heavy atom. The van der Waals surface area contributed by atoms with Gasteiger partial charge in [-0.15, -0.1) is 0 Å². The Bertz CT molecular complexity index is 180. The fourth-order valence-electron chi connectivity index (χ4n) is 1.65. The minimum absolute atomic E-state index is 0.265. The van der Waals surface area contributed by atoms with Gasteiger partial charge in [0.05, 0.1) is 25.3 Å². The number of nitrogens with zero attached hydrogens (tertiary/aromatic N) is 1. The van der Waals surface area contributed by atoms with Crippen molar-refractivity contribution in [1.29, 1.82) is 0 Å². The lowest BCUT2D eigenvalue weighted by Gasteiger charge is -2.03. The van der Waals surface area contributed by atoms with E-state index in [1.807, 2.05) is 11.9 Å². The van der Waals surface area contributed by atoms with Gasteiger partial charge >= 0.3 is 0 Å². The van der Waals surface area contributed by atoms with Crippen LogP contribution in [0.25, 0.3) is 0 Å². The molecule has 3 unspecified atom stereocenters. The van der Waals surface area contributed by atoms with Crippen LogP contribution in [-0.2, 0) is 4.74 Å². The first-order chi connectivity index (χ1) is 7.85. The quantitative estimate of drug-likeness (QED) is 0.365. The minimum Gasteiger partial charge on any atom is -0.395 e. The SMILES string of the molecule is CCCCOCC1C(CO)N1SCCCC. The zero-order valence-corrected chi connectivity index (χ0v) is 11.3. The van der Waals surface area contributed by atoms with Crippen molar-refractivity contribution in [1.82, 2.24) is 4.31 Å². The molecule has 1 heterocycles. The van der Waals surface area contributed by atoms with Gasteiger partial charge in [0, 0.05) is 12.4 Å². The Labute approximate surface area is 104 Å². The molecule has 0 aromatic heterocycles. The fraction of sp³-hybridized carbons (Fsp3) is 1.00. The van der Waals surface area contributed by atoms with Gasteiger partial charge in [0.15, 0.2) is 0 Å². The largest absolute Gasteiger partial charge is 0.395 e. The Morgan fingerprint density at radius 3 is 2.56 bits per heavy atom. The number of hydrogen-bond acceptors (Lipinski definition) is 4. The average molecular weight is 247 g/mol. The molecule has 0 radical (unpaired) electrons. The number of aliphatic hydroxyl groups is 1. The van der Waals surface area contributed by atoms with E-state index < -0.39 is 0 Å². The molecular formula is C12H25NO2S. The molecule has 1 aliphatic rings. The van der Waals surface area contributed by atoms with E-state index >= 15 is 0 Å². The lowest BCUT2D eigenvalue weighted by molar-refractivity contribution is 0.128. The van der Waals surface area contributed by atoms with Crippen LogP contribution in [0.15, 0.2) is 0 Å². The van der Waals surface area contributed by atoms with Gasteiger partial charge in [-0.25, -0.2) is 4.31 Å². The number of hydrogen-bond donors (Lipinski definition) is 1. The summed E-state index contributed by atoms with van der Waals surface area (Å²) in [6.07, 6.45) is 4.81. The van der Waals surface area contributed by atoms with E-state index in [0.29, 0.717) is 12.1 Å². The van der Waals surface area contributed by atoms with Gasteiger partial charge in [0.25, 0.3) is 0 Å². The molecule has 1 saturated heterocycles.